The highest BCUT2D eigenvalue weighted by Crippen LogP contribution is 2.31. The molecule has 1 saturated carbocycles. The lowest BCUT2D eigenvalue weighted by Gasteiger charge is -2.34. The van der Waals surface area contributed by atoms with Crippen LogP contribution in [-0.4, -0.2) is 43.8 Å². The molecule has 0 bridgehead atoms. The van der Waals surface area contributed by atoms with Crippen LogP contribution in [0.3, 0.4) is 0 Å². The van der Waals surface area contributed by atoms with Gasteiger partial charge < -0.3 is 10.2 Å². The summed E-state index contributed by atoms with van der Waals surface area (Å²) in [5.41, 5.74) is 1.84. The Morgan fingerprint density at radius 1 is 0.951 bits per heavy atom. The summed E-state index contributed by atoms with van der Waals surface area (Å²) in [5, 5.41) is 3.84. The summed E-state index contributed by atoms with van der Waals surface area (Å²) in [5.74, 6) is -0.767. The van der Waals surface area contributed by atoms with E-state index in [-0.39, 0.29) is 34.1 Å². The molecule has 3 aromatic carbocycles. The lowest BCUT2D eigenvalue weighted by molar-refractivity contribution is -0.140. The average molecular weight is 617 g/mol. The van der Waals surface area contributed by atoms with Crippen molar-refractivity contribution in [3.63, 3.8) is 0 Å². The molecule has 1 N–H and O–H groups in total. The number of aryl methyl sites for hydroxylation is 1. The van der Waals surface area contributed by atoms with Gasteiger partial charge in [-0.2, -0.15) is 0 Å². The molecule has 2 amide bonds. The van der Waals surface area contributed by atoms with Crippen molar-refractivity contribution in [3.8, 4) is 0 Å². The number of amides is 2. The van der Waals surface area contributed by atoms with E-state index in [4.69, 9.17) is 23.2 Å². The molecule has 1 atom stereocenters. The van der Waals surface area contributed by atoms with Gasteiger partial charge >= 0.3 is 0 Å². The Balaban J connectivity index is 1.72. The van der Waals surface area contributed by atoms with E-state index in [0.717, 1.165) is 41.1 Å². The minimum absolute atomic E-state index is 0.0334. The highest BCUT2D eigenvalue weighted by Gasteiger charge is 2.35. The molecule has 1 aliphatic carbocycles. The number of benzene rings is 3. The van der Waals surface area contributed by atoms with Crippen molar-refractivity contribution < 1.29 is 18.0 Å². The van der Waals surface area contributed by atoms with E-state index in [9.17, 15) is 18.0 Å². The van der Waals surface area contributed by atoms with Crippen molar-refractivity contribution in [2.45, 2.75) is 69.5 Å². The van der Waals surface area contributed by atoms with Crippen molar-refractivity contribution in [2.24, 2.45) is 0 Å². The standard InChI is InChI=1S/C31H35Cl2N3O4S/c1-3-28(31(38)34-25-8-4-5-9-25)35(20-23-14-16-24(32)17-15-23)30(37)21-36(29-11-7-6-10-27(29)33)41(39,40)26-18-12-22(2)13-19-26/h6-7,10-19,25,28H,3-5,8-9,20-21H2,1-2H3,(H,34,38)/t28-/m0/s1. The number of hydrogen-bond donors (Lipinski definition) is 1. The Morgan fingerprint density at radius 3 is 2.20 bits per heavy atom. The maximum Gasteiger partial charge on any atom is 0.264 e. The molecule has 3 aromatic rings. The van der Waals surface area contributed by atoms with Crippen molar-refractivity contribution in [2.75, 3.05) is 10.8 Å². The van der Waals surface area contributed by atoms with Gasteiger partial charge in [0.25, 0.3) is 10.0 Å². The zero-order valence-corrected chi connectivity index (χ0v) is 25.6. The maximum atomic E-state index is 14.2. The second-order valence-electron chi connectivity index (χ2n) is 10.3. The molecule has 0 aromatic heterocycles. The van der Waals surface area contributed by atoms with Crippen molar-refractivity contribution in [3.05, 3.63) is 94.0 Å². The summed E-state index contributed by atoms with van der Waals surface area (Å²) in [6.45, 7) is 3.27. The first-order valence-electron chi connectivity index (χ1n) is 13.8. The van der Waals surface area contributed by atoms with Crippen LogP contribution < -0.4 is 9.62 Å². The quantitative estimate of drug-likeness (QED) is 0.272. The van der Waals surface area contributed by atoms with E-state index in [0.29, 0.717) is 11.4 Å². The molecular formula is C31H35Cl2N3O4S. The van der Waals surface area contributed by atoms with Gasteiger partial charge in [0.15, 0.2) is 0 Å². The zero-order valence-electron chi connectivity index (χ0n) is 23.2. The Morgan fingerprint density at radius 2 is 1.59 bits per heavy atom. The predicted octanol–water partition coefficient (Wildman–Crippen LogP) is 6.36. The summed E-state index contributed by atoms with van der Waals surface area (Å²) in [7, 11) is -4.19. The molecule has 0 radical (unpaired) electrons. The molecular weight excluding hydrogens is 581 g/mol. The van der Waals surface area contributed by atoms with Gasteiger partial charge in [0, 0.05) is 17.6 Å². The van der Waals surface area contributed by atoms with Gasteiger partial charge in [-0.15, -0.1) is 0 Å². The van der Waals surface area contributed by atoms with Gasteiger partial charge in [-0.25, -0.2) is 8.42 Å². The number of nitrogens with one attached hydrogen (secondary N) is 1. The first-order chi connectivity index (χ1) is 19.6. The van der Waals surface area contributed by atoms with E-state index >= 15 is 0 Å². The normalized spacial score (nSPS) is 14.4. The topological polar surface area (TPSA) is 86.8 Å². The first-order valence-corrected chi connectivity index (χ1v) is 16.0. The van der Waals surface area contributed by atoms with Gasteiger partial charge in [-0.05, 0) is 68.1 Å². The number of para-hydroxylation sites is 1. The highest BCUT2D eigenvalue weighted by atomic mass is 35.5. The number of nitrogens with zero attached hydrogens (tertiary/aromatic N) is 2. The van der Waals surface area contributed by atoms with Crippen molar-refractivity contribution in [1.82, 2.24) is 10.2 Å². The van der Waals surface area contributed by atoms with Gasteiger partial charge in [0.2, 0.25) is 11.8 Å². The van der Waals surface area contributed by atoms with Crippen LogP contribution >= 0.6 is 23.2 Å². The van der Waals surface area contributed by atoms with Crippen LogP contribution in [0.2, 0.25) is 10.0 Å². The number of carbonyl (C=O) groups is 2. The second kappa shape index (κ2) is 13.7. The maximum absolute atomic E-state index is 14.2. The molecule has 218 valence electrons. The number of hydrogen-bond acceptors (Lipinski definition) is 4. The van der Waals surface area contributed by atoms with E-state index in [2.05, 4.69) is 5.32 Å². The molecule has 10 heteroatoms. The molecule has 41 heavy (non-hydrogen) atoms. The molecule has 1 aliphatic rings. The predicted molar refractivity (Wildman–Crippen MR) is 164 cm³/mol. The third-order valence-electron chi connectivity index (χ3n) is 7.36. The van der Waals surface area contributed by atoms with E-state index < -0.39 is 28.5 Å². The zero-order chi connectivity index (χ0) is 29.6. The lowest BCUT2D eigenvalue weighted by Crippen LogP contribution is -2.53. The van der Waals surface area contributed by atoms with Crippen molar-refractivity contribution in [1.29, 1.82) is 0 Å². The lowest BCUT2D eigenvalue weighted by atomic mass is 10.1. The highest BCUT2D eigenvalue weighted by molar-refractivity contribution is 7.92. The van der Waals surface area contributed by atoms with Gasteiger partial charge in [-0.1, -0.05) is 84.9 Å². The van der Waals surface area contributed by atoms with Gasteiger partial charge in [0.05, 0.1) is 15.6 Å². The van der Waals surface area contributed by atoms with Crippen LogP contribution in [-0.2, 0) is 26.2 Å². The number of rotatable bonds is 11. The molecule has 0 heterocycles. The molecule has 4 rings (SSSR count). The fraction of sp³-hybridized carbons (Fsp3) is 0.355. The van der Waals surface area contributed by atoms with E-state index in [1.807, 2.05) is 13.8 Å². The number of sulfonamides is 1. The Kier molecular flexibility index (Phi) is 10.3. The third-order valence-corrected chi connectivity index (χ3v) is 9.71. The number of carbonyl (C=O) groups excluding carboxylic acids is 2. The van der Waals surface area contributed by atoms with Crippen LogP contribution in [0.25, 0.3) is 0 Å². The molecule has 0 saturated heterocycles. The second-order valence-corrected chi connectivity index (χ2v) is 13.0. The summed E-state index contributed by atoms with van der Waals surface area (Å²) >= 11 is 12.6. The largest absolute Gasteiger partial charge is 0.352 e. The van der Waals surface area contributed by atoms with Crippen molar-refractivity contribution >= 4 is 50.7 Å². The Bertz CT molecular complexity index is 1460. The van der Waals surface area contributed by atoms with Gasteiger partial charge in [-0.3, -0.25) is 13.9 Å². The monoisotopic (exact) mass is 615 g/mol. The summed E-state index contributed by atoms with van der Waals surface area (Å²) in [6, 6.07) is 19.2. The summed E-state index contributed by atoms with van der Waals surface area (Å²) in [4.78, 5) is 29.1. The molecule has 0 unspecified atom stereocenters. The Hall–Kier alpha value is -3.07. The first kappa shape index (κ1) is 30.9. The average Bonchev–Trinajstić information content (AvgIpc) is 3.46. The van der Waals surface area contributed by atoms with E-state index in [1.165, 1.54) is 17.0 Å². The van der Waals surface area contributed by atoms with Gasteiger partial charge in [0.1, 0.15) is 12.6 Å². The fourth-order valence-corrected chi connectivity index (χ4v) is 6.93. The SMILES string of the molecule is CC[C@@H](C(=O)NC1CCCC1)N(Cc1ccc(Cl)cc1)C(=O)CN(c1ccccc1Cl)S(=O)(=O)c1ccc(C)cc1. The summed E-state index contributed by atoms with van der Waals surface area (Å²) < 4.78 is 28.9. The molecule has 7 nitrogen and oxygen atoms in total. The van der Waals surface area contributed by atoms with Crippen LogP contribution in [0, 0.1) is 6.92 Å². The number of halogens is 2. The molecule has 0 aliphatic heterocycles. The Labute approximate surface area is 252 Å². The molecule has 1 fully saturated rings. The smallest absolute Gasteiger partial charge is 0.264 e. The fourth-order valence-electron chi connectivity index (χ4n) is 5.08. The van der Waals surface area contributed by atoms with E-state index in [1.54, 1.807) is 60.7 Å². The van der Waals surface area contributed by atoms with Crippen LogP contribution in [0.15, 0.2) is 77.7 Å². The van der Waals surface area contributed by atoms with Crippen LogP contribution in [0.5, 0.6) is 0 Å². The van der Waals surface area contributed by atoms with Crippen LogP contribution in [0.1, 0.15) is 50.2 Å². The number of anilines is 1. The van der Waals surface area contributed by atoms with Crippen LogP contribution in [0.4, 0.5) is 5.69 Å². The molecule has 0 spiro atoms. The third kappa shape index (κ3) is 7.61. The minimum atomic E-state index is -4.19. The summed E-state index contributed by atoms with van der Waals surface area (Å²) in [6.07, 6.45) is 4.27. The minimum Gasteiger partial charge on any atom is -0.352 e.